The summed E-state index contributed by atoms with van der Waals surface area (Å²) in [6, 6.07) is 10.1. The monoisotopic (exact) mass is 344 g/mol. The number of aryl methyl sites for hydroxylation is 2. The number of rotatable bonds is 6. The highest BCUT2D eigenvalue weighted by atomic mass is 16.6. The Balaban J connectivity index is 2.05. The Hall–Kier alpha value is -3.02. The van der Waals surface area contributed by atoms with Crippen molar-refractivity contribution >= 4 is 11.9 Å². The second kappa shape index (κ2) is 8.19. The molecule has 0 spiro atoms. The summed E-state index contributed by atoms with van der Waals surface area (Å²) in [6.45, 7) is 3.60. The van der Waals surface area contributed by atoms with Crippen LogP contribution >= 0.6 is 0 Å². The first-order valence-corrected chi connectivity index (χ1v) is 7.61. The summed E-state index contributed by atoms with van der Waals surface area (Å²) in [4.78, 5) is 23.6. The van der Waals surface area contributed by atoms with Gasteiger partial charge in [0, 0.05) is 0 Å². The molecule has 0 amide bonds. The minimum absolute atomic E-state index is 0.199. The molecule has 0 saturated heterocycles. The molecule has 0 heterocycles. The molecule has 6 heteroatoms. The molecule has 0 aromatic heterocycles. The third kappa shape index (κ3) is 4.73. The SMILES string of the molecule is COC(=O)c1ccc(OC(=O)COc2cc(C)ccc2C)c(OC)c1. The van der Waals surface area contributed by atoms with Gasteiger partial charge < -0.3 is 18.9 Å². The maximum Gasteiger partial charge on any atom is 0.349 e. The molecule has 0 bridgehead atoms. The van der Waals surface area contributed by atoms with E-state index in [1.54, 1.807) is 0 Å². The Labute approximate surface area is 146 Å². The molecule has 0 fully saturated rings. The van der Waals surface area contributed by atoms with Crippen molar-refractivity contribution in [1.82, 2.24) is 0 Å². The van der Waals surface area contributed by atoms with Gasteiger partial charge in [0.2, 0.25) is 0 Å². The van der Waals surface area contributed by atoms with Gasteiger partial charge in [0.05, 0.1) is 19.8 Å². The molecule has 2 rings (SSSR count). The first-order chi connectivity index (χ1) is 11.9. The van der Waals surface area contributed by atoms with Crippen LogP contribution in [0.3, 0.4) is 0 Å². The Morgan fingerprint density at radius 3 is 2.36 bits per heavy atom. The van der Waals surface area contributed by atoms with Crippen molar-refractivity contribution in [3.05, 3.63) is 53.1 Å². The molecule has 0 atom stereocenters. The molecule has 0 unspecified atom stereocenters. The van der Waals surface area contributed by atoms with E-state index in [1.807, 2.05) is 32.0 Å². The largest absolute Gasteiger partial charge is 0.493 e. The van der Waals surface area contributed by atoms with E-state index in [0.717, 1.165) is 11.1 Å². The summed E-state index contributed by atoms with van der Waals surface area (Å²) in [7, 11) is 2.70. The Morgan fingerprint density at radius 2 is 1.68 bits per heavy atom. The van der Waals surface area contributed by atoms with Crippen LogP contribution in [0.4, 0.5) is 0 Å². The molecule has 0 aliphatic heterocycles. The molecule has 0 radical (unpaired) electrons. The third-order valence-electron chi connectivity index (χ3n) is 3.50. The van der Waals surface area contributed by atoms with Crippen LogP contribution in [-0.4, -0.2) is 32.8 Å². The van der Waals surface area contributed by atoms with Gasteiger partial charge in [-0.3, -0.25) is 0 Å². The van der Waals surface area contributed by atoms with E-state index in [4.69, 9.17) is 14.2 Å². The van der Waals surface area contributed by atoms with Crippen molar-refractivity contribution < 1.29 is 28.5 Å². The molecule has 2 aromatic rings. The van der Waals surface area contributed by atoms with Crippen LogP contribution in [0.1, 0.15) is 21.5 Å². The molecule has 6 nitrogen and oxygen atoms in total. The minimum Gasteiger partial charge on any atom is -0.493 e. The van der Waals surface area contributed by atoms with Gasteiger partial charge in [0.25, 0.3) is 0 Å². The lowest BCUT2D eigenvalue weighted by atomic mass is 10.1. The molecule has 0 aliphatic rings. The maximum atomic E-state index is 12.0. The molecule has 0 N–H and O–H groups in total. The van der Waals surface area contributed by atoms with Gasteiger partial charge in [-0.2, -0.15) is 0 Å². The Bertz CT molecular complexity index is 781. The summed E-state index contributed by atoms with van der Waals surface area (Å²) in [6.07, 6.45) is 0. The van der Waals surface area contributed by atoms with Crippen LogP contribution < -0.4 is 14.2 Å². The highest BCUT2D eigenvalue weighted by Crippen LogP contribution is 2.28. The standard InChI is InChI=1S/C19H20O6/c1-12-5-6-13(2)16(9-12)24-11-18(20)25-15-8-7-14(19(21)23-4)10-17(15)22-3/h5-10H,11H2,1-4H3. The zero-order chi connectivity index (χ0) is 18.4. The van der Waals surface area contributed by atoms with Crippen molar-refractivity contribution in [2.24, 2.45) is 0 Å². The van der Waals surface area contributed by atoms with Crippen LogP contribution in [0.25, 0.3) is 0 Å². The van der Waals surface area contributed by atoms with Crippen LogP contribution in [0.15, 0.2) is 36.4 Å². The van der Waals surface area contributed by atoms with E-state index in [2.05, 4.69) is 4.74 Å². The molecule has 132 valence electrons. The predicted octanol–water partition coefficient (Wildman–Crippen LogP) is 3.08. The molecular formula is C19H20O6. The van der Waals surface area contributed by atoms with Crippen LogP contribution in [0, 0.1) is 13.8 Å². The quantitative estimate of drug-likeness (QED) is 0.592. The normalized spacial score (nSPS) is 10.1. The molecule has 2 aromatic carbocycles. The highest BCUT2D eigenvalue weighted by Gasteiger charge is 2.15. The Kier molecular flexibility index (Phi) is 6.00. The summed E-state index contributed by atoms with van der Waals surface area (Å²) >= 11 is 0. The number of benzene rings is 2. The van der Waals surface area contributed by atoms with E-state index < -0.39 is 11.9 Å². The van der Waals surface area contributed by atoms with Crippen molar-refractivity contribution in [3.63, 3.8) is 0 Å². The van der Waals surface area contributed by atoms with Crippen molar-refractivity contribution in [3.8, 4) is 17.2 Å². The van der Waals surface area contributed by atoms with Crippen LogP contribution in [0.5, 0.6) is 17.2 Å². The molecule has 25 heavy (non-hydrogen) atoms. The second-order valence-electron chi connectivity index (χ2n) is 5.39. The third-order valence-corrected chi connectivity index (χ3v) is 3.50. The topological polar surface area (TPSA) is 71.1 Å². The number of hydrogen-bond donors (Lipinski definition) is 0. The fourth-order valence-electron chi connectivity index (χ4n) is 2.15. The van der Waals surface area contributed by atoms with Crippen LogP contribution in [-0.2, 0) is 9.53 Å². The number of ether oxygens (including phenoxy) is 4. The summed E-state index contributed by atoms with van der Waals surface area (Å²) in [5.41, 5.74) is 2.26. The molecular weight excluding hydrogens is 324 g/mol. The van der Waals surface area contributed by atoms with Gasteiger partial charge in [0.15, 0.2) is 18.1 Å². The summed E-state index contributed by atoms with van der Waals surface area (Å²) in [5.74, 6) is -0.00267. The number of carbonyl (C=O) groups is 2. The first-order valence-electron chi connectivity index (χ1n) is 7.61. The van der Waals surface area contributed by atoms with E-state index in [-0.39, 0.29) is 18.1 Å². The van der Waals surface area contributed by atoms with Gasteiger partial charge in [-0.15, -0.1) is 0 Å². The molecule has 0 saturated carbocycles. The van der Waals surface area contributed by atoms with Gasteiger partial charge in [0.1, 0.15) is 5.75 Å². The fourth-order valence-corrected chi connectivity index (χ4v) is 2.15. The zero-order valence-corrected chi connectivity index (χ0v) is 14.6. The average Bonchev–Trinajstić information content (AvgIpc) is 2.62. The average molecular weight is 344 g/mol. The lowest BCUT2D eigenvalue weighted by Crippen LogP contribution is -2.18. The first kappa shape index (κ1) is 18.3. The Morgan fingerprint density at radius 1 is 0.920 bits per heavy atom. The number of hydrogen-bond acceptors (Lipinski definition) is 6. The summed E-state index contributed by atoms with van der Waals surface area (Å²) in [5, 5.41) is 0. The van der Waals surface area contributed by atoms with Gasteiger partial charge in [-0.05, 0) is 49.2 Å². The number of carbonyl (C=O) groups excluding carboxylic acids is 2. The van der Waals surface area contributed by atoms with Crippen molar-refractivity contribution in [1.29, 1.82) is 0 Å². The van der Waals surface area contributed by atoms with E-state index in [1.165, 1.54) is 32.4 Å². The van der Waals surface area contributed by atoms with Gasteiger partial charge in [-0.25, -0.2) is 9.59 Å². The van der Waals surface area contributed by atoms with Gasteiger partial charge >= 0.3 is 11.9 Å². The minimum atomic E-state index is -0.579. The highest BCUT2D eigenvalue weighted by molar-refractivity contribution is 5.90. The van der Waals surface area contributed by atoms with Gasteiger partial charge in [-0.1, -0.05) is 12.1 Å². The smallest absolute Gasteiger partial charge is 0.349 e. The zero-order valence-electron chi connectivity index (χ0n) is 14.6. The van der Waals surface area contributed by atoms with E-state index in [9.17, 15) is 9.59 Å². The predicted molar refractivity (Wildman–Crippen MR) is 91.4 cm³/mol. The number of esters is 2. The second-order valence-corrected chi connectivity index (χ2v) is 5.39. The maximum absolute atomic E-state index is 12.0. The number of methoxy groups -OCH3 is 2. The molecule has 0 aliphatic carbocycles. The lowest BCUT2D eigenvalue weighted by molar-refractivity contribution is -0.136. The van der Waals surface area contributed by atoms with E-state index in [0.29, 0.717) is 11.3 Å². The van der Waals surface area contributed by atoms with Crippen LogP contribution in [0.2, 0.25) is 0 Å². The van der Waals surface area contributed by atoms with Crippen molar-refractivity contribution in [2.45, 2.75) is 13.8 Å². The summed E-state index contributed by atoms with van der Waals surface area (Å²) < 4.78 is 20.6. The fraction of sp³-hybridized carbons (Fsp3) is 0.263. The van der Waals surface area contributed by atoms with E-state index >= 15 is 0 Å². The van der Waals surface area contributed by atoms with Crippen molar-refractivity contribution in [2.75, 3.05) is 20.8 Å². The lowest BCUT2D eigenvalue weighted by Gasteiger charge is -2.12.